The Kier molecular flexibility index (Phi) is 4.61. The number of piperidine rings is 1. The quantitative estimate of drug-likeness (QED) is 0.610. The summed E-state index contributed by atoms with van der Waals surface area (Å²) in [6.07, 6.45) is 2.29. The highest BCUT2D eigenvalue weighted by Gasteiger charge is 2.25. The van der Waals surface area contributed by atoms with E-state index in [9.17, 15) is 9.59 Å². The minimum atomic E-state index is -0.592. The molecular weight excluding hydrogens is 276 g/mol. The van der Waals surface area contributed by atoms with Crippen molar-refractivity contribution >= 4 is 33.7 Å². The first-order chi connectivity index (χ1) is 9.54. The minimum Gasteiger partial charge on any atom is -0.397 e. The molecule has 0 aliphatic carbocycles. The summed E-state index contributed by atoms with van der Waals surface area (Å²) in [6.45, 7) is 3.64. The molecule has 1 aliphatic heterocycles. The highest BCUT2D eigenvalue weighted by atomic mass is 32.1. The molecule has 0 spiro atoms. The number of thiophene rings is 1. The summed E-state index contributed by atoms with van der Waals surface area (Å²) >= 11 is 1.23. The molecule has 6 N–H and O–H groups in total. The Labute approximate surface area is 121 Å². The molecule has 0 atom stereocenters. The standard InChI is InChI=1S/C13H20N4O2S/c1-2-8(18)11-10(14)9(12(15)19)13(20-11)17-7-3-5-16-6-4-7/h7,16-17H,2-6,14H2,1H3,(H2,15,19). The van der Waals surface area contributed by atoms with E-state index in [2.05, 4.69) is 10.6 Å². The maximum Gasteiger partial charge on any atom is 0.253 e. The molecule has 20 heavy (non-hydrogen) atoms. The van der Waals surface area contributed by atoms with Gasteiger partial charge in [-0.05, 0) is 25.9 Å². The third-order valence-corrected chi connectivity index (χ3v) is 4.62. The number of carbonyl (C=O) groups excluding carboxylic acids is 2. The van der Waals surface area contributed by atoms with Crippen LogP contribution >= 0.6 is 11.3 Å². The van der Waals surface area contributed by atoms with Gasteiger partial charge in [0.15, 0.2) is 5.78 Å². The summed E-state index contributed by atoms with van der Waals surface area (Å²) in [6, 6.07) is 0.275. The van der Waals surface area contributed by atoms with Crippen molar-refractivity contribution in [3.8, 4) is 0 Å². The number of ketones is 1. The first kappa shape index (κ1) is 14.8. The molecular formula is C13H20N4O2S. The molecule has 1 amide bonds. The molecule has 0 radical (unpaired) electrons. The van der Waals surface area contributed by atoms with Crippen LogP contribution in [0.5, 0.6) is 0 Å². The van der Waals surface area contributed by atoms with Gasteiger partial charge in [0.1, 0.15) is 5.00 Å². The lowest BCUT2D eigenvalue weighted by Gasteiger charge is -2.24. The van der Waals surface area contributed by atoms with Crippen molar-refractivity contribution in [1.29, 1.82) is 0 Å². The maximum atomic E-state index is 11.9. The Bertz CT molecular complexity index is 521. The number of hydrogen-bond acceptors (Lipinski definition) is 6. The van der Waals surface area contributed by atoms with Gasteiger partial charge in [-0.1, -0.05) is 6.92 Å². The van der Waals surface area contributed by atoms with E-state index < -0.39 is 5.91 Å². The molecule has 2 heterocycles. The molecule has 1 aromatic heterocycles. The van der Waals surface area contributed by atoms with E-state index in [1.165, 1.54) is 11.3 Å². The predicted molar refractivity (Wildman–Crippen MR) is 81.4 cm³/mol. The predicted octanol–water partition coefficient (Wildman–Crippen LogP) is 1.19. The van der Waals surface area contributed by atoms with Crippen LogP contribution in [0.2, 0.25) is 0 Å². The summed E-state index contributed by atoms with van der Waals surface area (Å²) < 4.78 is 0. The van der Waals surface area contributed by atoms with E-state index in [-0.39, 0.29) is 23.1 Å². The number of nitrogens with two attached hydrogens (primary N) is 2. The zero-order valence-corrected chi connectivity index (χ0v) is 12.3. The lowest BCUT2D eigenvalue weighted by atomic mass is 10.1. The molecule has 6 nitrogen and oxygen atoms in total. The smallest absolute Gasteiger partial charge is 0.253 e. The number of Topliss-reactive ketones (excluding diaryl/α,β-unsaturated/α-hetero) is 1. The van der Waals surface area contributed by atoms with Crippen molar-refractivity contribution in [3.05, 3.63) is 10.4 Å². The fourth-order valence-electron chi connectivity index (χ4n) is 2.31. The summed E-state index contributed by atoms with van der Waals surface area (Å²) in [7, 11) is 0. The van der Waals surface area contributed by atoms with E-state index in [1.54, 1.807) is 6.92 Å². The third-order valence-electron chi connectivity index (χ3n) is 3.44. The Morgan fingerprint density at radius 3 is 2.60 bits per heavy atom. The SMILES string of the molecule is CCC(=O)c1sc(NC2CCNCC2)c(C(N)=O)c1N. The van der Waals surface area contributed by atoms with Crippen LogP contribution in [0.3, 0.4) is 0 Å². The van der Waals surface area contributed by atoms with Crippen LogP contribution in [-0.2, 0) is 0 Å². The number of nitrogen functional groups attached to an aromatic ring is 1. The van der Waals surface area contributed by atoms with E-state index in [0.29, 0.717) is 16.3 Å². The molecule has 1 aliphatic rings. The fourth-order valence-corrected chi connectivity index (χ4v) is 3.52. The van der Waals surface area contributed by atoms with Gasteiger partial charge in [0.05, 0.1) is 16.1 Å². The molecule has 0 saturated carbocycles. The maximum absolute atomic E-state index is 11.9. The van der Waals surface area contributed by atoms with Crippen molar-refractivity contribution < 1.29 is 9.59 Å². The molecule has 0 bridgehead atoms. The van der Waals surface area contributed by atoms with E-state index in [4.69, 9.17) is 11.5 Å². The van der Waals surface area contributed by atoms with Crippen molar-refractivity contribution in [3.63, 3.8) is 0 Å². The number of carbonyl (C=O) groups is 2. The largest absolute Gasteiger partial charge is 0.397 e. The minimum absolute atomic E-state index is 0.0617. The first-order valence-corrected chi connectivity index (χ1v) is 7.58. The summed E-state index contributed by atoms with van der Waals surface area (Å²) in [5.41, 5.74) is 11.8. The van der Waals surface area contributed by atoms with Crippen LogP contribution in [0.1, 0.15) is 46.2 Å². The molecule has 1 saturated heterocycles. The van der Waals surface area contributed by atoms with E-state index in [1.807, 2.05) is 0 Å². The molecule has 1 fully saturated rings. The lowest BCUT2D eigenvalue weighted by molar-refractivity contribution is 0.0991. The third kappa shape index (κ3) is 2.94. The van der Waals surface area contributed by atoms with Crippen LogP contribution < -0.4 is 22.1 Å². The van der Waals surface area contributed by atoms with Gasteiger partial charge >= 0.3 is 0 Å². The second-order valence-corrected chi connectivity index (χ2v) is 5.88. The lowest BCUT2D eigenvalue weighted by Crippen LogP contribution is -2.35. The number of primary amides is 1. The Hall–Kier alpha value is -1.60. The average molecular weight is 296 g/mol. The second-order valence-electron chi connectivity index (χ2n) is 4.86. The highest BCUT2D eigenvalue weighted by molar-refractivity contribution is 7.19. The summed E-state index contributed by atoms with van der Waals surface area (Å²) in [5, 5.41) is 7.22. The topological polar surface area (TPSA) is 110 Å². The zero-order chi connectivity index (χ0) is 14.7. The number of amides is 1. The van der Waals surface area contributed by atoms with Gasteiger partial charge in [0.2, 0.25) is 0 Å². The summed E-state index contributed by atoms with van der Waals surface area (Å²) in [4.78, 5) is 23.9. The van der Waals surface area contributed by atoms with Gasteiger partial charge in [-0.15, -0.1) is 11.3 Å². The molecule has 1 aromatic rings. The van der Waals surface area contributed by atoms with Crippen molar-refractivity contribution in [2.24, 2.45) is 5.73 Å². The number of nitrogens with one attached hydrogen (secondary N) is 2. The van der Waals surface area contributed by atoms with E-state index in [0.717, 1.165) is 25.9 Å². The summed E-state index contributed by atoms with van der Waals surface area (Å²) in [5.74, 6) is -0.654. The van der Waals surface area contributed by atoms with Crippen LogP contribution in [0.4, 0.5) is 10.7 Å². The van der Waals surface area contributed by atoms with Crippen molar-refractivity contribution in [2.45, 2.75) is 32.2 Å². The van der Waals surface area contributed by atoms with Crippen LogP contribution in [0.25, 0.3) is 0 Å². The molecule has 2 rings (SSSR count). The second kappa shape index (κ2) is 6.23. The average Bonchev–Trinajstić information content (AvgIpc) is 2.76. The van der Waals surface area contributed by atoms with Crippen LogP contribution in [0, 0.1) is 0 Å². The molecule has 0 aromatic carbocycles. The molecule has 7 heteroatoms. The van der Waals surface area contributed by atoms with Crippen LogP contribution in [-0.4, -0.2) is 30.8 Å². The highest BCUT2D eigenvalue weighted by Crippen LogP contribution is 2.37. The Balaban J connectivity index is 2.30. The Morgan fingerprint density at radius 2 is 2.05 bits per heavy atom. The Morgan fingerprint density at radius 1 is 1.40 bits per heavy atom. The van der Waals surface area contributed by atoms with Gasteiger partial charge in [-0.3, -0.25) is 9.59 Å². The van der Waals surface area contributed by atoms with Crippen molar-refractivity contribution in [2.75, 3.05) is 24.1 Å². The molecule has 0 unspecified atom stereocenters. The van der Waals surface area contributed by atoms with Gasteiger partial charge < -0.3 is 22.1 Å². The molecule has 110 valence electrons. The fraction of sp³-hybridized carbons (Fsp3) is 0.538. The number of hydrogen-bond donors (Lipinski definition) is 4. The zero-order valence-electron chi connectivity index (χ0n) is 11.5. The van der Waals surface area contributed by atoms with Gasteiger partial charge in [-0.25, -0.2) is 0 Å². The normalized spacial score (nSPS) is 16.1. The van der Waals surface area contributed by atoms with Gasteiger partial charge in [0.25, 0.3) is 5.91 Å². The van der Waals surface area contributed by atoms with Crippen molar-refractivity contribution in [1.82, 2.24) is 5.32 Å². The van der Waals surface area contributed by atoms with Crippen LogP contribution in [0.15, 0.2) is 0 Å². The number of rotatable bonds is 5. The van der Waals surface area contributed by atoms with Gasteiger partial charge in [0, 0.05) is 12.5 Å². The number of anilines is 2. The van der Waals surface area contributed by atoms with E-state index >= 15 is 0 Å². The van der Waals surface area contributed by atoms with Gasteiger partial charge in [-0.2, -0.15) is 0 Å². The monoisotopic (exact) mass is 296 g/mol. The first-order valence-electron chi connectivity index (χ1n) is 6.77.